The molecule has 5 heteroatoms. The molecule has 0 spiro atoms. The van der Waals surface area contributed by atoms with E-state index in [4.69, 9.17) is 14.2 Å². The number of ether oxygens (including phenoxy) is 3. The summed E-state index contributed by atoms with van der Waals surface area (Å²) in [6, 6.07) is 9.51. The molecule has 0 bridgehead atoms. The van der Waals surface area contributed by atoms with Gasteiger partial charge in [0.05, 0.1) is 6.61 Å². The van der Waals surface area contributed by atoms with Gasteiger partial charge in [0, 0.05) is 19.1 Å². The maximum Gasteiger partial charge on any atom is 0.330 e. The van der Waals surface area contributed by atoms with Crippen molar-refractivity contribution in [3.05, 3.63) is 42.0 Å². The summed E-state index contributed by atoms with van der Waals surface area (Å²) in [6.45, 7) is 6.42. The quantitative estimate of drug-likeness (QED) is 0.393. The second kappa shape index (κ2) is 10.6. The van der Waals surface area contributed by atoms with Crippen molar-refractivity contribution in [3.8, 4) is 0 Å². The maximum atomic E-state index is 11.5. The minimum atomic E-state index is -0.459. The number of benzene rings is 1. The van der Waals surface area contributed by atoms with Crippen LogP contribution in [0, 0.1) is 0 Å². The van der Waals surface area contributed by atoms with Gasteiger partial charge in [-0.2, -0.15) is 0 Å². The van der Waals surface area contributed by atoms with E-state index in [0.717, 1.165) is 5.56 Å². The minimum absolute atomic E-state index is 0.185. The summed E-state index contributed by atoms with van der Waals surface area (Å²) in [5, 5.41) is 0. The maximum absolute atomic E-state index is 11.5. The van der Waals surface area contributed by atoms with Gasteiger partial charge < -0.3 is 14.2 Å². The molecule has 0 aliphatic rings. The highest BCUT2D eigenvalue weighted by atomic mass is 16.6. The van der Waals surface area contributed by atoms with Gasteiger partial charge in [0.25, 0.3) is 0 Å². The van der Waals surface area contributed by atoms with Crippen LogP contribution in [0.2, 0.25) is 0 Å². The van der Waals surface area contributed by atoms with Gasteiger partial charge in [0.1, 0.15) is 12.2 Å². The number of rotatable bonds is 9. The van der Waals surface area contributed by atoms with Crippen LogP contribution in [-0.4, -0.2) is 37.4 Å². The van der Waals surface area contributed by atoms with Crippen LogP contribution < -0.4 is 0 Å². The Morgan fingerprint density at radius 2 is 1.75 bits per heavy atom. The Bertz CT molecular complexity index is 528. The van der Waals surface area contributed by atoms with Crippen LogP contribution in [0.5, 0.6) is 0 Å². The zero-order valence-electron chi connectivity index (χ0n) is 14.6. The second-order valence-corrected chi connectivity index (χ2v) is 6.21. The minimum Gasteiger partial charge on any atom is -0.460 e. The molecule has 1 aromatic carbocycles. The Morgan fingerprint density at radius 3 is 2.42 bits per heavy atom. The van der Waals surface area contributed by atoms with Crippen LogP contribution in [0.25, 0.3) is 6.08 Å². The zero-order valence-corrected chi connectivity index (χ0v) is 14.6. The molecule has 0 amide bonds. The molecule has 5 nitrogen and oxygen atoms in total. The molecule has 0 aromatic heterocycles. The van der Waals surface area contributed by atoms with Gasteiger partial charge in [-0.3, -0.25) is 4.79 Å². The number of carbonyl (C=O) groups is 2. The van der Waals surface area contributed by atoms with Crippen molar-refractivity contribution < 1.29 is 23.8 Å². The molecular formula is C19H26O5. The fraction of sp³-hybridized carbons (Fsp3) is 0.474. The van der Waals surface area contributed by atoms with Crippen molar-refractivity contribution in [1.29, 1.82) is 0 Å². The molecule has 0 N–H and O–H groups in total. The van der Waals surface area contributed by atoms with Crippen LogP contribution in [0.1, 0.15) is 39.2 Å². The third kappa shape index (κ3) is 10.6. The molecule has 0 fully saturated rings. The number of carbonyl (C=O) groups excluding carboxylic acids is 2. The molecule has 0 saturated heterocycles. The molecule has 132 valence electrons. The van der Waals surface area contributed by atoms with Gasteiger partial charge in [-0.1, -0.05) is 30.3 Å². The van der Waals surface area contributed by atoms with E-state index in [0.29, 0.717) is 26.1 Å². The lowest BCUT2D eigenvalue weighted by Crippen LogP contribution is -2.23. The Morgan fingerprint density at radius 1 is 1.04 bits per heavy atom. The Labute approximate surface area is 143 Å². The summed E-state index contributed by atoms with van der Waals surface area (Å²) >= 11 is 0. The zero-order chi connectivity index (χ0) is 17.8. The molecule has 0 atom stereocenters. The number of hydrogen-bond acceptors (Lipinski definition) is 5. The molecule has 0 radical (unpaired) electrons. The standard InChI is InChI=1S/C19H26O5/c1-19(2,3)24-18(21)10-7-13-22-14-15-23-17(20)12-11-16-8-5-4-6-9-16/h4-6,8-9,11-12H,7,10,13-15H2,1-3H3/b12-11+. The molecular weight excluding hydrogens is 308 g/mol. The van der Waals surface area contributed by atoms with E-state index in [1.54, 1.807) is 6.08 Å². The van der Waals surface area contributed by atoms with Crippen molar-refractivity contribution in [2.24, 2.45) is 0 Å². The molecule has 1 rings (SSSR count). The number of hydrogen-bond donors (Lipinski definition) is 0. The fourth-order valence-electron chi connectivity index (χ4n) is 1.79. The molecule has 0 heterocycles. The topological polar surface area (TPSA) is 61.8 Å². The first-order chi connectivity index (χ1) is 11.4. The summed E-state index contributed by atoms with van der Waals surface area (Å²) in [4.78, 5) is 23.0. The Hall–Kier alpha value is -2.14. The summed E-state index contributed by atoms with van der Waals surface area (Å²) in [6.07, 6.45) is 3.98. The van der Waals surface area contributed by atoms with Gasteiger partial charge in [-0.25, -0.2) is 4.79 Å². The predicted molar refractivity (Wildman–Crippen MR) is 92.3 cm³/mol. The lowest BCUT2D eigenvalue weighted by molar-refractivity contribution is -0.155. The van der Waals surface area contributed by atoms with Gasteiger partial charge in [-0.05, 0) is 38.8 Å². The van der Waals surface area contributed by atoms with Crippen LogP contribution in [0.4, 0.5) is 0 Å². The SMILES string of the molecule is CC(C)(C)OC(=O)CCCOCCOC(=O)/C=C/c1ccccc1. The second-order valence-electron chi connectivity index (χ2n) is 6.21. The normalized spacial score (nSPS) is 11.5. The molecule has 0 saturated carbocycles. The molecule has 24 heavy (non-hydrogen) atoms. The first kappa shape index (κ1) is 19.9. The van der Waals surface area contributed by atoms with E-state index in [2.05, 4.69) is 0 Å². The lowest BCUT2D eigenvalue weighted by Gasteiger charge is -2.19. The van der Waals surface area contributed by atoms with E-state index in [9.17, 15) is 9.59 Å². The summed E-state index contributed by atoms with van der Waals surface area (Å²) in [5.74, 6) is -0.639. The van der Waals surface area contributed by atoms with Crippen LogP contribution in [0.15, 0.2) is 36.4 Å². The smallest absolute Gasteiger partial charge is 0.330 e. The predicted octanol–water partition coefficient (Wildman–Crippen LogP) is 3.38. The van der Waals surface area contributed by atoms with E-state index < -0.39 is 11.6 Å². The van der Waals surface area contributed by atoms with E-state index in [-0.39, 0.29) is 12.6 Å². The summed E-state index contributed by atoms with van der Waals surface area (Å²) in [7, 11) is 0. The molecule has 1 aromatic rings. The lowest BCUT2D eigenvalue weighted by atomic mass is 10.2. The van der Waals surface area contributed by atoms with E-state index in [1.165, 1.54) is 6.08 Å². The van der Waals surface area contributed by atoms with E-state index in [1.807, 2.05) is 51.1 Å². The van der Waals surface area contributed by atoms with Gasteiger partial charge >= 0.3 is 11.9 Å². The Kier molecular flexibility index (Phi) is 8.79. The molecule has 0 unspecified atom stereocenters. The average Bonchev–Trinajstić information content (AvgIpc) is 2.51. The third-order valence-electron chi connectivity index (χ3n) is 2.77. The van der Waals surface area contributed by atoms with Crippen molar-refractivity contribution in [1.82, 2.24) is 0 Å². The first-order valence-electron chi connectivity index (χ1n) is 8.06. The van der Waals surface area contributed by atoms with Crippen LogP contribution in [-0.2, 0) is 23.8 Å². The summed E-state index contributed by atoms with van der Waals surface area (Å²) < 4.78 is 15.5. The fourth-order valence-corrected chi connectivity index (χ4v) is 1.79. The average molecular weight is 334 g/mol. The van der Waals surface area contributed by atoms with Crippen molar-refractivity contribution in [2.45, 2.75) is 39.2 Å². The molecule has 0 aliphatic carbocycles. The van der Waals surface area contributed by atoms with Crippen molar-refractivity contribution in [2.75, 3.05) is 19.8 Å². The van der Waals surface area contributed by atoms with Gasteiger partial charge in [-0.15, -0.1) is 0 Å². The van der Waals surface area contributed by atoms with Crippen LogP contribution in [0.3, 0.4) is 0 Å². The van der Waals surface area contributed by atoms with Gasteiger partial charge in [0.2, 0.25) is 0 Å². The van der Waals surface area contributed by atoms with E-state index >= 15 is 0 Å². The van der Waals surface area contributed by atoms with Crippen LogP contribution >= 0.6 is 0 Å². The van der Waals surface area contributed by atoms with Crippen molar-refractivity contribution >= 4 is 18.0 Å². The van der Waals surface area contributed by atoms with Crippen molar-refractivity contribution in [3.63, 3.8) is 0 Å². The first-order valence-corrected chi connectivity index (χ1v) is 8.06. The third-order valence-corrected chi connectivity index (χ3v) is 2.77. The molecule has 0 aliphatic heterocycles. The highest BCUT2D eigenvalue weighted by Crippen LogP contribution is 2.09. The largest absolute Gasteiger partial charge is 0.460 e. The highest BCUT2D eigenvalue weighted by molar-refractivity contribution is 5.87. The summed E-state index contributed by atoms with van der Waals surface area (Å²) in [5.41, 5.74) is 0.479. The van der Waals surface area contributed by atoms with Gasteiger partial charge in [0.15, 0.2) is 0 Å². The monoisotopic (exact) mass is 334 g/mol. The number of esters is 2. The Balaban J connectivity index is 2.03. The highest BCUT2D eigenvalue weighted by Gasteiger charge is 2.15.